The standard InChI is InChI=1S/C12H10Cl2N4O2/c1-2-15-12-16-6-9(18(19)20)11(17-12)7-4-3-5-8(13)10(7)14/h3-6H,2H2,1H3,(H,15,16,17). The number of rotatable bonds is 4. The van der Waals surface area contributed by atoms with E-state index in [2.05, 4.69) is 15.3 Å². The summed E-state index contributed by atoms with van der Waals surface area (Å²) in [6, 6.07) is 4.88. The maximum Gasteiger partial charge on any atom is 0.313 e. The highest BCUT2D eigenvalue weighted by atomic mass is 35.5. The molecule has 0 bridgehead atoms. The van der Waals surface area contributed by atoms with E-state index in [1.807, 2.05) is 6.92 Å². The van der Waals surface area contributed by atoms with Crippen molar-refractivity contribution >= 4 is 34.8 Å². The molecule has 0 radical (unpaired) electrons. The number of nitrogens with one attached hydrogen (secondary N) is 1. The number of nitro groups is 1. The molecule has 104 valence electrons. The average Bonchev–Trinajstić information content (AvgIpc) is 2.42. The SMILES string of the molecule is CCNc1ncc([N+](=O)[O-])c(-c2cccc(Cl)c2Cl)n1. The van der Waals surface area contributed by atoms with Crippen molar-refractivity contribution in [3.63, 3.8) is 0 Å². The zero-order valence-electron chi connectivity index (χ0n) is 10.4. The fourth-order valence-corrected chi connectivity index (χ4v) is 2.03. The van der Waals surface area contributed by atoms with E-state index in [0.29, 0.717) is 23.1 Å². The predicted molar refractivity (Wildman–Crippen MR) is 78.3 cm³/mol. The van der Waals surface area contributed by atoms with Crippen LogP contribution >= 0.6 is 23.2 Å². The minimum Gasteiger partial charge on any atom is -0.354 e. The summed E-state index contributed by atoms with van der Waals surface area (Å²) in [5.74, 6) is 0.296. The highest BCUT2D eigenvalue weighted by Gasteiger charge is 2.21. The molecule has 0 saturated carbocycles. The van der Waals surface area contributed by atoms with E-state index < -0.39 is 4.92 Å². The zero-order valence-corrected chi connectivity index (χ0v) is 11.9. The van der Waals surface area contributed by atoms with E-state index in [1.165, 1.54) is 0 Å². The van der Waals surface area contributed by atoms with Crippen LogP contribution in [0.3, 0.4) is 0 Å². The van der Waals surface area contributed by atoms with Crippen LogP contribution in [0.5, 0.6) is 0 Å². The van der Waals surface area contributed by atoms with Gasteiger partial charge in [-0.25, -0.2) is 9.97 Å². The van der Waals surface area contributed by atoms with E-state index in [9.17, 15) is 10.1 Å². The maximum absolute atomic E-state index is 11.1. The second kappa shape index (κ2) is 6.02. The molecular weight excluding hydrogens is 303 g/mol. The van der Waals surface area contributed by atoms with Gasteiger partial charge in [-0.15, -0.1) is 0 Å². The van der Waals surface area contributed by atoms with E-state index in [-0.39, 0.29) is 16.4 Å². The highest BCUT2D eigenvalue weighted by Crippen LogP contribution is 2.36. The quantitative estimate of drug-likeness (QED) is 0.686. The lowest BCUT2D eigenvalue weighted by Crippen LogP contribution is -2.05. The third-order valence-electron chi connectivity index (χ3n) is 2.51. The number of hydrogen-bond donors (Lipinski definition) is 1. The van der Waals surface area contributed by atoms with Crippen LogP contribution in [-0.4, -0.2) is 21.4 Å². The van der Waals surface area contributed by atoms with Crippen LogP contribution in [0.25, 0.3) is 11.3 Å². The lowest BCUT2D eigenvalue weighted by atomic mass is 10.1. The number of hydrogen-bond acceptors (Lipinski definition) is 5. The molecule has 8 heteroatoms. The summed E-state index contributed by atoms with van der Waals surface area (Å²) in [6.07, 6.45) is 1.15. The Bertz CT molecular complexity index is 664. The van der Waals surface area contributed by atoms with Gasteiger partial charge in [0.15, 0.2) is 5.69 Å². The largest absolute Gasteiger partial charge is 0.354 e. The average molecular weight is 313 g/mol. The molecule has 1 N–H and O–H groups in total. The van der Waals surface area contributed by atoms with Crippen molar-refractivity contribution in [1.82, 2.24) is 9.97 Å². The number of aromatic nitrogens is 2. The van der Waals surface area contributed by atoms with Crippen molar-refractivity contribution in [3.8, 4) is 11.3 Å². The molecular formula is C12H10Cl2N4O2. The van der Waals surface area contributed by atoms with Crippen molar-refractivity contribution in [2.45, 2.75) is 6.92 Å². The molecule has 0 amide bonds. The zero-order chi connectivity index (χ0) is 14.7. The van der Waals surface area contributed by atoms with Gasteiger partial charge in [0.2, 0.25) is 5.95 Å². The smallest absolute Gasteiger partial charge is 0.313 e. The Morgan fingerprint density at radius 1 is 1.40 bits per heavy atom. The molecule has 2 rings (SSSR count). The van der Waals surface area contributed by atoms with Crippen molar-refractivity contribution < 1.29 is 4.92 Å². The molecule has 0 spiro atoms. The molecule has 0 aliphatic rings. The fraction of sp³-hybridized carbons (Fsp3) is 0.167. The van der Waals surface area contributed by atoms with Gasteiger partial charge in [-0.3, -0.25) is 10.1 Å². The van der Waals surface area contributed by atoms with Gasteiger partial charge < -0.3 is 5.32 Å². The molecule has 0 aliphatic heterocycles. The van der Waals surface area contributed by atoms with Gasteiger partial charge in [0.1, 0.15) is 6.20 Å². The van der Waals surface area contributed by atoms with E-state index in [4.69, 9.17) is 23.2 Å². The normalized spacial score (nSPS) is 10.3. The fourth-order valence-electron chi connectivity index (χ4n) is 1.64. The van der Waals surface area contributed by atoms with Gasteiger partial charge in [-0.05, 0) is 13.0 Å². The van der Waals surface area contributed by atoms with Crippen LogP contribution in [0.4, 0.5) is 11.6 Å². The van der Waals surface area contributed by atoms with Crippen LogP contribution in [0, 0.1) is 10.1 Å². The number of anilines is 1. The second-order valence-corrected chi connectivity index (χ2v) is 4.60. The summed E-state index contributed by atoms with van der Waals surface area (Å²) >= 11 is 12.0. The first-order valence-corrected chi connectivity index (χ1v) is 6.50. The Hall–Kier alpha value is -1.92. The topological polar surface area (TPSA) is 81.0 Å². The molecule has 0 atom stereocenters. The van der Waals surface area contributed by atoms with Crippen LogP contribution in [-0.2, 0) is 0 Å². The Morgan fingerprint density at radius 3 is 2.80 bits per heavy atom. The summed E-state index contributed by atoms with van der Waals surface area (Å²) in [7, 11) is 0. The lowest BCUT2D eigenvalue weighted by Gasteiger charge is -2.08. The minimum absolute atomic E-state index is 0.133. The van der Waals surface area contributed by atoms with Gasteiger partial charge >= 0.3 is 5.69 Å². The molecule has 1 aromatic heterocycles. The lowest BCUT2D eigenvalue weighted by molar-refractivity contribution is -0.384. The van der Waals surface area contributed by atoms with Gasteiger partial charge in [0.25, 0.3) is 0 Å². The molecule has 0 saturated heterocycles. The molecule has 0 unspecified atom stereocenters. The first-order chi connectivity index (χ1) is 9.54. The summed E-state index contributed by atoms with van der Waals surface area (Å²) in [4.78, 5) is 18.6. The van der Waals surface area contributed by atoms with Crippen LogP contribution in [0.15, 0.2) is 24.4 Å². The summed E-state index contributed by atoms with van der Waals surface area (Å²) < 4.78 is 0. The van der Waals surface area contributed by atoms with E-state index >= 15 is 0 Å². The molecule has 1 heterocycles. The van der Waals surface area contributed by atoms with Crippen molar-refractivity contribution in [2.24, 2.45) is 0 Å². The predicted octanol–water partition coefficient (Wildman–Crippen LogP) is 3.79. The van der Waals surface area contributed by atoms with Crippen LogP contribution in [0.2, 0.25) is 10.0 Å². The Morgan fingerprint density at radius 2 is 2.15 bits per heavy atom. The van der Waals surface area contributed by atoms with Crippen molar-refractivity contribution in [1.29, 1.82) is 0 Å². The second-order valence-electron chi connectivity index (χ2n) is 3.82. The van der Waals surface area contributed by atoms with Gasteiger partial charge in [-0.1, -0.05) is 35.3 Å². The van der Waals surface area contributed by atoms with Gasteiger partial charge in [0.05, 0.1) is 15.0 Å². The first kappa shape index (κ1) is 14.5. The van der Waals surface area contributed by atoms with Crippen LogP contribution in [0.1, 0.15) is 6.92 Å². The minimum atomic E-state index is -0.553. The Balaban J connectivity index is 2.66. The summed E-state index contributed by atoms with van der Waals surface area (Å²) in [5.41, 5.74) is 0.302. The molecule has 0 aliphatic carbocycles. The number of benzene rings is 1. The molecule has 6 nitrogen and oxygen atoms in total. The van der Waals surface area contributed by atoms with E-state index in [0.717, 1.165) is 6.20 Å². The Kier molecular flexibility index (Phi) is 4.36. The number of halogens is 2. The summed E-state index contributed by atoms with van der Waals surface area (Å²) in [6.45, 7) is 2.47. The third-order valence-corrected chi connectivity index (χ3v) is 3.33. The van der Waals surface area contributed by atoms with Gasteiger partial charge in [-0.2, -0.15) is 0 Å². The van der Waals surface area contributed by atoms with Crippen LogP contribution < -0.4 is 5.32 Å². The van der Waals surface area contributed by atoms with Gasteiger partial charge in [0, 0.05) is 12.1 Å². The molecule has 20 heavy (non-hydrogen) atoms. The summed E-state index contributed by atoms with van der Waals surface area (Å²) in [5, 5.41) is 14.5. The molecule has 2 aromatic rings. The molecule has 0 fully saturated rings. The van der Waals surface area contributed by atoms with E-state index in [1.54, 1.807) is 18.2 Å². The monoisotopic (exact) mass is 312 g/mol. The van der Waals surface area contributed by atoms with Crippen molar-refractivity contribution in [2.75, 3.05) is 11.9 Å². The number of nitrogens with zero attached hydrogens (tertiary/aromatic N) is 3. The highest BCUT2D eigenvalue weighted by molar-refractivity contribution is 6.43. The third kappa shape index (κ3) is 2.81. The first-order valence-electron chi connectivity index (χ1n) is 5.74. The maximum atomic E-state index is 11.1. The Labute approximate surface area is 124 Å². The molecule has 1 aromatic carbocycles. The van der Waals surface area contributed by atoms with Crippen molar-refractivity contribution in [3.05, 3.63) is 44.6 Å².